The van der Waals surface area contributed by atoms with Gasteiger partial charge in [0, 0.05) is 25.2 Å². The summed E-state index contributed by atoms with van der Waals surface area (Å²) in [7, 11) is 0. The van der Waals surface area contributed by atoms with Crippen molar-refractivity contribution in [2.45, 2.75) is 83.6 Å². The van der Waals surface area contributed by atoms with Crippen LogP contribution in [0.5, 0.6) is 0 Å². The van der Waals surface area contributed by atoms with Gasteiger partial charge in [0.25, 0.3) is 0 Å². The van der Waals surface area contributed by atoms with Crippen molar-refractivity contribution in [2.24, 2.45) is 5.92 Å². The van der Waals surface area contributed by atoms with Gasteiger partial charge in [-0.25, -0.2) is 4.79 Å². The van der Waals surface area contributed by atoms with E-state index in [0.717, 1.165) is 38.8 Å². The first kappa shape index (κ1) is 17.5. The smallest absolute Gasteiger partial charge is 0.407 e. The molecule has 2 N–H and O–H groups in total. The van der Waals surface area contributed by atoms with Gasteiger partial charge in [-0.15, -0.1) is 0 Å². The molecule has 22 heavy (non-hydrogen) atoms. The second-order valence-corrected chi connectivity index (χ2v) is 7.73. The van der Waals surface area contributed by atoms with E-state index in [4.69, 9.17) is 9.47 Å². The van der Waals surface area contributed by atoms with E-state index in [9.17, 15) is 4.79 Å². The van der Waals surface area contributed by atoms with Crippen LogP contribution in [0.25, 0.3) is 0 Å². The average molecular weight is 312 g/mol. The van der Waals surface area contributed by atoms with Gasteiger partial charge in [0.05, 0.1) is 6.10 Å². The van der Waals surface area contributed by atoms with E-state index >= 15 is 0 Å². The molecule has 2 rings (SSSR count). The van der Waals surface area contributed by atoms with E-state index in [1.54, 1.807) is 0 Å². The Morgan fingerprint density at radius 2 is 1.77 bits per heavy atom. The van der Waals surface area contributed by atoms with Gasteiger partial charge in [-0.2, -0.15) is 0 Å². The highest BCUT2D eigenvalue weighted by Crippen LogP contribution is 2.22. The molecule has 1 saturated carbocycles. The Labute approximate surface area is 134 Å². The number of carbonyl (C=O) groups is 1. The van der Waals surface area contributed by atoms with Gasteiger partial charge in [0.1, 0.15) is 5.60 Å². The molecule has 2 aliphatic rings. The number of hydrogen-bond acceptors (Lipinski definition) is 4. The highest BCUT2D eigenvalue weighted by atomic mass is 16.6. The lowest BCUT2D eigenvalue weighted by atomic mass is 9.90. The van der Waals surface area contributed by atoms with Crippen molar-refractivity contribution in [1.29, 1.82) is 0 Å². The van der Waals surface area contributed by atoms with Gasteiger partial charge in [-0.1, -0.05) is 0 Å². The summed E-state index contributed by atoms with van der Waals surface area (Å²) in [6, 6.07) is 0.825. The molecule has 1 aliphatic heterocycles. The molecule has 0 bridgehead atoms. The first-order valence-electron chi connectivity index (χ1n) is 8.68. The fraction of sp³-hybridized carbons (Fsp3) is 0.941. The lowest BCUT2D eigenvalue weighted by Gasteiger charge is -2.31. The highest BCUT2D eigenvalue weighted by Gasteiger charge is 2.27. The lowest BCUT2D eigenvalue weighted by molar-refractivity contribution is 0.0489. The molecule has 2 atom stereocenters. The van der Waals surface area contributed by atoms with Crippen LogP contribution in [0.2, 0.25) is 0 Å². The molecule has 0 radical (unpaired) electrons. The third-order valence-electron chi connectivity index (χ3n) is 4.65. The Bertz CT molecular complexity index is 359. The summed E-state index contributed by atoms with van der Waals surface area (Å²) in [6.45, 7) is 9.79. The average Bonchev–Trinajstić information content (AvgIpc) is 2.81. The Kier molecular flexibility index (Phi) is 6.09. The second-order valence-electron chi connectivity index (χ2n) is 7.73. The summed E-state index contributed by atoms with van der Waals surface area (Å²) < 4.78 is 10.9. The number of ether oxygens (including phenoxy) is 2. The van der Waals surface area contributed by atoms with Crippen molar-refractivity contribution in [2.75, 3.05) is 13.2 Å². The molecule has 0 aromatic carbocycles. The van der Waals surface area contributed by atoms with Gasteiger partial charge in [-0.3, -0.25) is 0 Å². The van der Waals surface area contributed by atoms with Gasteiger partial charge < -0.3 is 20.1 Å². The maximum absolute atomic E-state index is 11.8. The normalized spacial score (nSPS) is 32.7. The molecule has 1 aliphatic carbocycles. The quantitative estimate of drug-likeness (QED) is 0.838. The molecule has 128 valence electrons. The third kappa shape index (κ3) is 5.76. The molecule has 2 unspecified atom stereocenters. The molecular weight excluding hydrogens is 280 g/mol. The van der Waals surface area contributed by atoms with E-state index in [0.29, 0.717) is 18.1 Å². The zero-order chi connectivity index (χ0) is 16.2. The Morgan fingerprint density at radius 3 is 2.32 bits per heavy atom. The Balaban J connectivity index is 1.62. The fourth-order valence-electron chi connectivity index (χ4n) is 3.28. The minimum Gasteiger partial charge on any atom is -0.444 e. The largest absolute Gasteiger partial charge is 0.444 e. The summed E-state index contributed by atoms with van der Waals surface area (Å²) in [6.07, 6.45) is 5.54. The number of carbonyl (C=O) groups excluding carboxylic acids is 1. The molecule has 0 spiro atoms. The molecular formula is C17H32N2O3. The standard InChI is InChI=1S/C17H32N2O3/c1-12-13(9-10-21-12)11-18-14-5-7-15(8-6-14)19-16(20)22-17(2,3)4/h12-15,18H,5-11H2,1-4H3,(H,19,20). The SMILES string of the molecule is CC1OCCC1CNC1CCC(NC(=O)OC(C)(C)C)CC1. The molecule has 2 fully saturated rings. The van der Waals surface area contributed by atoms with Crippen LogP contribution in [-0.4, -0.2) is 43.0 Å². The summed E-state index contributed by atoms with van der Waals surface area (Å²) >= 11 is 0. The second kappa shape index (κ2) is 7.64. The molecule has 0 aromatic rings. The van der Waals surface area contributed by atoms with Gasteiger partial charge in [0.2, 0.25) is 0 Å². The summed E-state index contributed by atoms with van der Waals surface area (Å²) in [5, 5.41) is 6.67. The van der Waals surface area contributed by atoms with Crippen LogP contribution < -0.4 is 10.6 Å². The minimum absolute atomic E-state index is 0.252. The van der Waals surface area contributed by atoms with Crippen LogP contribution in [0, 0.1) is 5.92 Å². The van der Waals surface area contributed by atoms with Crippen LogP contribution in [-0.2, 0) is 9.47 Å². The summed E-state index contributed by atoms with van der Waals surface area (Å²) in [5.74, 6) is 0.651. The van der Waals surface area contributed by atoms with Crippen LogP contribution in [0.15, 0.2) is 0 Å². The first-order valence-corrected chi connectivity index (χ1v) is 8.68. The predicted octanol–water partition coefficient (Wildman–Crippen LogP) is 2.84. The van der Waals surface area contributed by atoms with Gasteiger partial charge in [0.15, 0.2) is 0 Å². The van der Waals surface area contributed by atoms with Crippen LogP contribution in [0.4, 0.5) is 4.79 Å². The molecule has 0 aromatic heterocycles. The fourth-order valence-corrected chi connectivity index (χ4v) is 3.28. The maximum atomic E-state index is 11.8. The topological polar surface area (TPSA) is 59.6 Å². The number of nitrogens with one attached hydrogen (secondary N) is 2. The third-order valence-corrected chi connectivity index (χ3v) is 4.65. The predicted molar refractivity (Wildman–Crippen MR) is 86.9 cm³/mol. The van der Waals surface area contributed by atoms with E-state index in [1.807, 2.05) is 20.8 Å². The van der Waals surface area contributed by atoms with Crippen LogP contribution >= 0.6 is 0 Å². The zero-order valence-corrected chi connectivity index (χ0v) is 14.5. The maximum Gasteiger partial charge on any atom is 0.407 e. The number of amides is 1. The highest BCUT2D eigenvalue weighted by molar-refractivity contribution is 5.68. The molecule has 5 nitrogen and oxygen atoms in total. The van der Waals surface area contributed by atoms with E-state index in [1.165, 1.54) is 6.42 Å². The zero-order valence-electron chi connectivity index (χ0n) is 14.5. The van der Waals surface area contributed by atoms with Crippen molar-refractivity contribution in [3.63, 3.8) is 0 Å². The monoisotopic (exact) mass is 312 g/mol. The Hall–Kier alpha value is -0.810. The minimum atomic E-state index is -0.428. The molecule has 1 heterocycles. The summed E-state index contributed by atoms with van der Waals surface area (Å²) in [5.41, 5.74) is -0.428. The van der Waals surface area contributed by atoms with Crippen molar-refractivity contribution in [3.05, 3.63) is 0 Å². The van der Waals surface area contributed by atoms with Crippen molar-refractivity contribution in [1.82, 2.24) is 10.6 Å². The number of hydrogen-bond donors (Lipinski definition) is 2. The van der Waals surface area contributed by atoms with E-state index in [-0.39, 0.29) is 12.1 Å². The van der Waals surface area contributed by atoms with Crippen LogP contribution in [0.3, 0.4) is 0 Å². The van der Waals surface area contributed by atoms with E-state index in [2.05, 4.69) is 17.6 Å². The van der Waals surface area contributed by atoms with Crippen LogP contribution in [0.1, 0.15) is 59.8 Å². The molecule has 1 amide bonds. The van der Waals surface area contributed by atoms with Gasteiger partial charge >= 0.3 is 6.09 Å². The lowest BCUT2D eigenvalue weighted by Crippen LogP contribution is -2.44. The van der Waals surface area contributed by atoms with Gasteiger partial charge in [-0.05, 0) is 65.7 Å². The van der Waals surface area contributed by atoms with Crippen molar-refractivity contribution < 1.29 is 14.3 Å². The first-order chi connectivity index (χ1) is 10.3. The van der Waals surface area contributed by atoms with Crippen molar-refractivity contribution in [3.8, 4) is 0 Å². The van der Waals surface area contributed by atoms with E-state index < -0.39 is 5.60 Å². The van der Waals surface area contributed by atoms with Crippen molar-refractivity contribution >= 4 is 6.09 Å². The number of alkyl carbamates (subject to hydrolysis) is 1. The molecule has 1 saturated heterocycles. The number of rotatable bonds is 4. The Morgan fingerprint density at radius 1 is 1.14 bits per heavy atom. The molecule has 5 heteroatoms. The summed E-state index contributed by atoms with van der Waals surface area (Å²) in [4.78, 5) is 11.8.